The number of anilines is 1. The van der Waals surface area contributed by atoms with E-state index in [1.807, 2.05) is 38.2 Å². The number of carbonyl (C=O) groups excluding carboxylic acids is 1. The molecule has 6 heteroatoms. The van der Waals surface area contributed by atoms with Crippen molar-refractivity contribution >= 4 is 23.2 Å². The van der Waals surface area contributed by atoms with E-state index in [0.717, 1.165) is 32.0 Å². The molecule has 0 spiro atoms. The van der Waals surface area contributed by atoms with E-state index in [4.69, 9.17) is 16.3 Å². The Balaban J connectivity index is 1.61. The lowest BCUT2D eigenvalue weighted by Crippen LogP contribution is -2.49. The van der Waals surface area contributed by atoms with Crippen LogP contribution in [0.5, 0.6) is 0 Å². The van der Waals surface area contributed by atoms with Crippen LogP contribution in [0.4, 0.5) is 5.82 Å². The minimum absolute atomic E-state index is 0.0986. The Morgan fingerprint density at radius 3 is 2.43 bits per heavy atom. The normalized spacial score (nSPS) is 16.4. The number of pyridine rings is 1. The van der Waals surface area contributed by atoms with E-state index >= 15 is 0 Å². The molecule has 150 valence electrons. The van der Waals surface area contributed by atoms with Gasteiger partial charge in [0.1, 0.15) is 5.82 Å². The molecule has 1 fully saturated rings. The second kappa shape index (κ2) is 10.0. The summed E-state index contributed by atoms with van der Waals surface area (Å²) in [5, 5.41) is 0.636. The van der Waals surface area contributed by atoms with Gasteiger partial charge in [0.05, 0.1) is 18.6 Å². The second-order valence-electron chi connectivity index (χ2n) is 7.43. The molecule has 2 aromatic rings. The molecule has 28 heavy (non-hydrogen) atoms. The molecule has 1 aliphatic heterocycles. The highest BCUT2D eigenvalue weighted by Gasteiger charge is 2.26. The van der Waals surface area contributed by atoms with E-state index in [2.05, 4.69) is 14.8 Å². The van der Waals surface area contributed by atoms with Gasteiger partial charge in [0, 0.05) is 49.5 Å². The molecule has 0 N–H and O–H groups in total. The number of carbonyl (C=O) groups is 1. The predicted molar refractivity (Wildman–Crippen MR) is 113 cm³/mol. The van der Waals surface area contributed by atoms with Gasteiger partial charge in [0.2, 0.25) is 0 Å². The van der Waals surface area contributed by atoms with E-state index in [9.17, 15) is 4.79 Å². The number of rotatable bonds is 8. The average Bonchev–Trinajstić information content (AvgIpc) is 2.72. The number of nitrogens with zero attached hydrogens (tertiary/aromatic N) is 3. The van der Waals surface area contributed by atoms with Crippen LogP contribution in [0.3, 0.4) is 0 Å². The number of hydrogen-bond donors (Lipinski definition) is 0. The standard InChI is InChI=1S/C22H28ClN3O2/c1-17(2)28-16-19(22(27)18-6-8-20(23)9-7-18)15-25-11-13-26(14-12-25)21-5-3-4-10-24-21/h3-10,17,19H,11-16H2,1-2H3. The molecule has 0 saturated carbocycles. The van der Waals surface area contributed by atoms with Crippen LogP contribution >= 0.6 is 11.6 Å². The Labute approximate surface area is 172 Å². The smallest absolute Gasteiger partial charge is 0.169 e. The molecule has 5 nitrogen and oxygen atoms in total. The molecular weight excluding hydrogens is 374 g/mol. The summed E-state index contributed by atoms with van der Waals surface area (Å²) >= 11 is 5.96. The summed E-state index contributed by atoms with van der Waals surface area (Å²) in [4.78, 5) is 22.1. The quantitative estimate of drug-likeness (QED) is 0.630. The van der Waals surface area contributed by atoms with E-state index in [1.165, 1.54) is 0 Å². The Hall–Kier alpha value is -1.95. The molecule has 0 aliphatic carbocycles. The van der Waals surface area contributed by atoms with Crippen molar-refractivity contribution in [3.8, 4) is 0 Å². The van der Waals surface area contributed by atoms with Gasteiger partial charge in [0.25, 0.3) is 0 Å². The number of halogens is 1. The van der Waals surface area contributed by atoms with Crippen LogP contribution in [0.15, 0.2) is 48.7 Å². The van der Waals surface area contributed by atoms with Gasteiger partial charge in [-0.15, -0.1) is 0 Å². The number of ketones is 1. The van der Waals surface area contributed by atoms with Crippen LogP contribution in [-0.2, 0) is 4.74 Å². The number of aromatic nitrogens is 1. The fourth-order valence-corrected chi connectivity index (χ4v) is 3.51. The average molecular weight is 402 g/mol. The van der Waals surface area contributed by atoms with Crippen molar-refractivity contribution in [1.29, 1.82) is 0 Å². The largest absolute Gasteiger partial charge is 0.378 e. The van der Waals surface area contributed by atoms with Crippen LogP contribution < -0.4 is 4.90 Å². The second-order valence-corrected chi connectivity index (χ2v) is 7.86. The van der Waals surface area contributed by atoms with Crippen molar-refractivity contribution in [2.24, 2.45) is 5.92 Å². The van der Waals surface area contributed by atoms with Crippen molar-refractivity contribution in [1.82, 2.24) is 9.88 Å². The molecule has 2 heterocycles. The third kappa shape index (κ3) is 5.77. The molecule has 1 atom stereocenters. The fraction of sp³-hybridized carbons (Fsp3) is 0.455. The first-order valence-electron chi connectivity index (χ1n) is 9.82. The number of piperazine rings is 1. The van der Waals surface area contributed by atoms with Gasteiger partial charge in [-0.2, -0.15) is 0 Å². The van der Waals surface area contributed by atoms with Gasteiger partial charge < -0.3 is 9.64 Å². The fourth-order valence-electron chi connectivity index (χ4n) is 3.38. The first-order valence-corrected chi connectivity index (χ1v) is 10.2. The maximum atomic E-state index is 13.1. The van der Waals surface area contributed by atoms with Gasteiger partial charge in [-0.3, -0.25) is 9.69 Å². The number of benzene rings is 1. The zero-order valence-electron chi connectivity index (χ0n) is 16.6. The molecule has 1 unspecified atom stereocenters. The molecule has 0 amide bonds. The van der Waals surface area contributed by atoms with Crippen LogP contribution in [0.2, 0.25) is 5.02 Å². The van der Waals surface area contributed by atoms with Crippen molar-refractivity contribution < 1.29 is 9.53 Å². The summed E-state index contributed by atoms with van der Waals surface area (Å²) in [7, 11) is 0. The minimum atomic E-state index is -0.190. The maximum Gasteiger partial charge on any atom is 0.169 e. The molecule has 3 rings (SSSR count). The molecular formula is C22H28ClN3O2. The van der Waals surface area contributed by atoms with Gasteiger partial charge in [-0.1, -0.05) is 17.7 Å². The lowest BCUT2D eigenvalue weighted by Gasteiger charge is -2.36. The molecule has 0 bridgehead atoms. The van der Waals surface area contributed by atoms with Gasteiger partial charge in [-0.05, 0) is 50.2 Å². The minimum Gasteiger partial charge on any atom is -0.378 e. The summed E-state index contributed by atoms with van der Waals surface area (Å²) in [6.07, 6.45) is 1.92. The summed E-state index contributed by atoms with van der Waals surface area (Å²) in [6.45, 7) is 8.74. The van der Waals surface area contributed by atoms with E-state index in [0.29, 0.717) is 23.7 Å². The summed E-state index contributed by atoms with van der Waals surface area (Å²) in [6, 6.07) is 13.1. The van der Waals surface area contributed by atoms with Crippen LogP contribution in [0, 0.1) is 5.92 Å². The van der Waals surface area contributed by atoms with Crippen molar-refractivity contribution in [2.45, 2.75) is 20.0 Å². The SMILES string of the molecule is CC(C)OCC(CN1CCN(c2ccccn2)CC1)C(=O)c1ccc(Cl)cc1. The van der Waals surface area contributed by atoms with Crippen molar-refractivity contribution in [2.75, 3.05) is 44.2 Å². The molecule has 0 radical (unpaired) electrons. The monoisotopic (exact) mass is 401 g/mol. The van der Waals surface area contributed by atoms with Gasteiger partial charge in [0.15, 0.2) is 5.78 Å². The predicted octanol–water partition coefficient (Wildman–Crippen LogP) is 3.78. The summed E-state index contributed by atoms with van der Waals surface area (Å²) < 4.78 is 5.81. The lowest BCUT2D eigenvalue weighted by atomic mass is 9.97. The molecule has 1 saturated heterocycles. The van der Waals surface area contributed by atoms with E-state index < -0.39 is 0 Å². The number of Topliss-reactive ketones (excluding diaryl/α,β-unsaturated/α-hetero) is 1. The third-order valence-corrected chi connectivity index (χ3v) is 5.21. The highest BCUT2D eigenvalue weighted by atomic mass is 35.5. The van der Waals surface area contributed by atoms with Crippen LogP contribution in [0.1, 0.15) is 24.2 Å². The molecule has 1 aromatic heterocycles. The van der Waals surface area contributed by atoms with Crippen molar-refractivity contribution in [3.05, 3.63) is 59.2 Å². The first kappa shape index (κ1) is 20.8. The number of ether oxygens (including phenoxy) is 1. The Morgan fingerprint density at radius 1 is 1.11 bits per heavy atom. The van der Waals surface area contributed by atoms with Crippen LogP contribution in [0.25, 0.3) is 0 Å². The number of hydrogen-bond acceptors (Lipinski definition) is 5. The van der Waals surface area contributed by atoms with Gasteiger partial charge in [-0.25, -0.2) is 4.98 Å². The Kier molecular flexibility index (Phi) is 7.43. The third-order valence-electron chi connectivity index (χ3n) is 4.95. The molecule has 1 aromatic carbocycles. The topological polar surface area (TPSA) is 45.7 Å². The van der Waals surface area contributed by atoms with E-state index in [1.54, 1.807) is 24.3 Å². The van der Waals surface area contributed by atoms with Crippen molar-refractivity contribution in [3.63, 3.8) is 0 Å². The highest BCUT2D eigenvalue weighted by molar-refractivity contribution is 6.30. The summed E-state index contributed by atoms with van der Waals surface area (Å²) in [5.74, 6) is 0.938. The molecule has 1 aliphatic rings. The maximum absolute atomic E-state index is 13.1. The highest BCUT2D eigenvalue weighted by Crippen LogP contribution is 2.18. The Morgan fingerprint density at radius 2 is 1.82 bits per heavy atom. The lowest BCUT2D eigenvalue weighted by molar-refractivity contribution is 0.0363. The summed E-state index contributed by atoms with van der Waals surface area (Å²) in [5.41, 5.74) is 0.689. The zero-order valence-corrected chi connectivity index (χ0v) is 17.3. The Bertz CT molecular complexity index is 744. The van der Waals surface area contributed by atoms with E-state index in [-0.39, 0.29) is 17.8 Å². The first-order chi connectivity index (χ1) is 13.5. The zero-order chi connectivity index (χ0) is 19.9. The van der Waals surface area contributed by atoms with Crippen LogP contribution in [-0.4, -0.2) is 61.1 Å². The van der Waals surface area contributed by atoms with Gasteiger partial charge >= 0.3 is 0 Å².